The largest absolute Gasteiger partial charge is 0.507 e. The second-order valence-electron chi connectivity index (χ2n) is 15.3. The summed E-state index contributed by atoms with van der Waals surface area (Å²) in [6.45, 7) is 16.3. The van der Waals surface area contributed by atoms with Crippen LogP contribution in [0.15, 0.2) is 72.4 Å². The molecule has 4 heterocycles. The number of phenols is 1. The van der Waals surface area contributed by atoms with Crippen LogP contribution in [0, 0.1) is 12.3 Å². The van der Waals surface area contributed by atoms with Crippen LogP contribution in [0.3, 0.4) is 0 Å². The Morgan fingerprint density at radius 2 is 1.78 bits per heavy atom. The average molecular weight is 756 g/mol. The Morgan fingerprint density at radius 1 is 1.07 bits per heavy atom. The van der Waals surface area contributed by atoms with Crippen LogP contribution in [0.2, 0.25) is 0 Å². The van der Waals surface area contributed by atoms with Gasteiger partial charge in [0.05, 0.1) is 46.6 Å². The number of nitrogens with two attached hydrogens (primary N) is 1. The third kappa shape index (κ3) is 8.65. The predicted molar refractivity (Wildman–Crippen MR) is 212 cm³/mol. The normalized spacial score (nSPS) is 19.0. The van der Waals surface area contributed by atoms with Crippen molar-refractivity contribution in [1.82, 2.24) is 35.6 Å². The molecular formula is C40H50FN9O3S. The Hall–Kier alpha value is -5.08. The van der Waals surface area contributed by atoms with Gasteiger partial charge in [-0.25, -0.2) is 9.37 Å². The molecule has 4 aromatic rings. The summed E-state index contributed by atoms with van der Waals surface area (Å²) in [5.41, 5.74) is 12.9. The van der Waals surface area contributed by atoms with Crippen LogP contribution in [0.25, 0.3) is 21.7 Å². The molecule has 2 aromatic carbocycles. The van der Waals surface area contributed by atoms with Crippen molar-refractivity contribution >= 4 is 34.7 Å². The SMILES string of the molecule is C=C(N[C@@H](C)c1ccc(-c2scnc2C)cc1)[C@@H]1C[C@@H](F)CN1C(=O)[C@@H](NC(=O)CN1CCN(c2cc(-c3ccccc3O)nnc2N)CC1)C(C)(C)C. The summed E-state index contributed by atoms with van der Waals surface area (Å²) >= 11 is 1.61. The lowest BCUT2D eigenvalue weighted by molar-refractivity contribution is -0.140. The number of likely N-dealkylation sites (tertiary alicyclic amines) is 1. The van der Waals surface area contributed by atoms with E-state index in [1.807, 2.05) is 57.2 Å². The minimum Gasteiger partial charge on any atom is -0.507 e. The van der Waals surface area contributed by atoms with Crippen LogP contribution < -0.4 is 21.3 Å². The Bertz CT molecular complexity index is 1970. The third-order valence-electron chi connectivity index (χ3n) is 10.2. The number of amides is 2. The minimum atomic E-state index is -1.21. The number of benzene rings is 2. The van der Waals surface area contributed by atoms with E-state index in [-0.39, 0.29) is 48.9 Å². The van der Waals surface area contributed by atoms with Gasteiger partial charge in [0.2, 0.25) is 11.8 Å². The van der Waals surface area contributed by atoms with E-state index in [2.05, 4.69) is 61.6 Å². The molecule has 2 aliphatic heterocycles. The molecule has 0 spiro atoms. The van der Waals surface area contributed by atoms with Gasteiger partial charge < -0.3 is 31.3 Å². The zero-order valence-electron chi connectivity index (χ0n) is 31.6. The number of anilines is 2. The summed E-state index contributed by atoms with van der Waals surface area (Å²) in [5.74, 6) is -0.219. The van der Waals surface area contributed by atoms with Crippen molar-refractivity contribution in [3.63, 3.8) is 0 Å². The number of nitrogens with one attached hydrogen (secondary N) is 2. The number of halogens is 1. The predicted octanol–water partition coefficient (Wildman–Crippen LogP) is 5.32. The monoisotopic (exact) mass is 755 g/mol. The number of aryl methyl sites for hydroxylation is 1. The number of alkyl halides is 1. The molecule has 6 rings (SSSR count). The van der Waals surface area contributed by atoms with Gasteiger partial charge in [0.15, 0.2) is 5.82 Å². The van der Waals surface area contributed by atoms with E-state index in [4.69, 9.17) is 5.73 Å². The first kappa shape index (κ1) is 38.6. The molecule has 4 atom stereocenters. The van der Waals surface area contributed by atoms with Crippen LogP contribution >= 0.6 is 11.3 Å². The fourth-order valence-electron chi connectivity index (χ4n) is 7.16. The Morgan fingerprint density at radius 3 is 2.43 bits per heavy atom. The number of rotatable bonds is 11. The summed E-state index contributed by atoms with van der Waals surface area (Å²) in [5, 5.41) is 25.0. The fraction of sp³-hybridized carbons (Fsp3) is 0.425. The molecule has 0 saturated carbocycles. The van der Waals surface area contributed by atoms with Gasteiger partial charge in [-0.1, -0.05) is 63.7 Å². The van der Waals surface area contributed by atoms with E-state index in [1.54, 1.807) is 29.5 Å². The van der Waals surface area contributed by atoms with Crippen LogP contribution in [-0.4, -0.2) is 99.4 Å². The number of aromatic nitrogens is 3. The molecule has 12 nitrogen and oxygen atoms in total. The molecular weight excluding hydrogens is 706 g/mol. The number of carbonyl (C=O) groups excluding carboxylic acids is 2. The van der Waals surface area contributed by atoms with E-state index < -0.39 is 23.7 Å². The van der Waals surface area contributed by atoms with Gasteiger partial charge >= 0.3 is 0 Å². The maximum atomic E-state index is 15.1. The molecule has 2 aliphatic rings. The molecule has 0 radical (unpaired) electrons. The van der Waals surface area contributed by atoms with Gasteiger partial charge in [0, 0.05) is 49.9 Å². The minimum absolute atomic E-state index is 0.0650. The average Bonchev–Trinajstić information content (AvgIpc) is 3.76. The highest BCUT2D eigenvalue weighted by Crippen LogP contribution is 2.33. The Labute approximate surface area is 320 Å². The topological polar surface area (TPSA) is 153 Å². The number of hydrogen-bond acceptors (Lipinski definition) is 11. The molecule has 286 valence electrons. The molecule has 2 aromatic heterocycles. The van der Waals surface area contributed by atoms with Crippen LogP contribution in [0.1, 0.15) is 51.4 Å². The van der Waals surface area contributed by atoms with Crippen molar-refractivity contribution in [2.45, 2.75) is 65.3 Å². The van der Waals surface area contributed by atoms with Crippen molar-refractivity contribution in [1.29, 1.82) is 0 Å². The number of piperazine rings is 1. The Balaban J connectivity index is 1.06. The lowest BCUT2D eigenvalue weighted by atomic mass is 9.85. The maximum absolute atomic E-state index is 15.1. The lowest BCUT2D eigenvalue weighted by Gasteiger charge is -2.38. The molecule has 54 heavy (non-hydrogen) atoms. The smallest absolute Gasteiger partial charge is 0.246 e. The van der Waals surface area contributed by atoms with E-state index in [0.717, 1.165) is 21.7 Å². The summed E-state index contributed by atoms with van der Waals surface area (Å²) in [4.78, 5) is 38.9. The molecule has 0 bridgehead atoms. The summed E-state index contributed by atoms with van der Waals surface area (Å²) in [6.07, 6.45) is -1.07. The second kappa shape index (κ2) is 16.1. The maximum Gasteiger partial charge on any atom is 0.246 e. The standard InChI is InChI=1S/C40H50FN9O3S/c1-24(27-11-13-28(14-12-27)36-26(3)43-23-54-36)44-25(2)32-19-29(41)21-50(32)39(53)37(40(4,5)6)45-35(52)22-48-15-17-49(18-16-48)33-20-31(46-47-38(33)42)30-9-7-8-10-34(30)51/h7-14,20,23-24,29,32,37,44,51H,2,15-19,21-22H2,1,3-6H3,(H2,42,47)(H,45,52)/t24-,29+,32-,37+/m0/s1. The highest BCUT2D eigenvalue weighted by molar-refractivity contribution is 7.13. The van der Waals surface area contributed by atoms with Gasteiger partial charge in [0.1, 0.15) is 18.0 Å². The van der Waals surface area contributed by atoms with Crippen LogP contribution in [0.5, 0.6) is 5.75 Å². The lowest BCUT2D eigenvalue weighted by Crippen LogP contribution is -2.58. The first-order chi connectivity index (χ1) is 25.7. The van der Waals surface area contributed by atoms with Crippen molar-refractivity contribution in [2.24, 2.45) is 5.41 Å². The molecule has 5 N–H and O–H groups in total. The molecule has 2 saturated heterocycles. The number of nitrogens with zero attached hydrogens (tertiary/aromatic N) is 6. The van der Waals surface area contributed by atoms with E-state index >= 15 is 4.39 Å². The van der Waals surface area contributed by atoms with Crippen molar-refractivity contribution in [2.75, 3.05) is 49.9 Å². The van der Waals surface area contributed by atoms with Gasteiger partial charge in [-0.05, 0) is 48.6 Å². The van der Waals surface area contributed by atoms with Crippen molar-refractivity contribution in [3.8, 4) is 27.4 Å². The summed E-state index contributed by atoms with van der Waals surface area (Å²) in [7, 11) is 0. The molecule has 2 fully saturated rings. The van der Waals surface area contributed by atoms with Crippen LogP contribution in [-0.2, 0) is 9.59 Å². The number of nitrogen functional groups attached to an aromatic ring is 1. The fourth-order valence-corrected chi connectivity index (χ4v) is 7.97. The molecule has 0 unspecified atom stereocenters. The van der Waals surface area contributed by atoms with E-state index in [0.29, 0.717) is 48.8 Å². The number of phenolic OH excluding ortho intramolecular Hbond substituents is 1. The number of carbonyl (C=O) groups is 2. The summed E-state index contributed by atoms with van der Waals surface area (Å²) < 4.78 is 15.1. The first-order valence-corrected chi connectivity index (χ1v) is 19.2. The van der Waals surface area contributed by atoms with Gasteiger partial charge in [-0.3, -0.25) is 14.5 Å². The van der Waals surface area contributed by atoms with E-state index in [9.17, 15) is 14.7 Å². The Kier molecular flexibility index (Phi) is 11.5. The van der Waals surface area contributed by atoms with Gasteiger partial charge in [-0.2, -0.15) is 0 Å². The summed E-state index contributed by atoms with van der Waals surface area (Å²) in [6, 6.07) is 15.4. The van der Waals surface area contributed by atoms with Gasteiger partial charge in [0.25, 0.3) is 0 Å². The molecule has 14 heteroatoms. The quantitative estimate of drug-likeness (QED) is 0.158. The van der Waals surface area contributed by atoms with Crippen molar-refractivity contribution in [3.05, 3.63) is 83.6 Å². The highest BCUT2D eigenvalue weighted by atomic mass is 32.1. The molecule has 2 amide bonds. The van der Waals surface area contributed by atoms with Crippen LogP contribution in [0.4, 0.5) is 15.9 Å². The zero-order valence-corrected chi connectivity index (χ0v) is 32.4. The molecule has 0 aliphatic carbocycles. The second-order valence-corrected chi connectivity index (χ2v) is 16.1. The first-order valence-electron chi connectivity index (χ1n) is 18.3. The highest BCUT2D eigenvalue weighted by Gasteiger charge is 2.43. The number of aromatic hydroxyl groups is 1. The zero-order chi connectivity index (χ0) is 38.7. The van der Waals surface area contributed by atoms with Crippen molar-refractivity contribution < 1.29 is 19.1 Å². The number of hydrogen-bond donors (Lipinski definition) is 4. The van der Waals surface area contributed by atoms with E-state index in [1.165, 1.54) is 4.90 Å². The number of thiazole rings is 1. The van der Waals surface area contributed by atoms with Gasteiger partial charge in [-0.15, -0.1) is 21.5 Å². The number of para-hydroxylation sites is 1. The third-order valence-corrected chi connectivity index (χ3v) is 11.2.